The van der Waals surface area contributed by atoms with E-state index in [2.05, 4.69) is 185 Å². The van der Waals surface area contributed by atoms with E-state index in [1.165, 1.54) is 61.2 Å². The van der Waals surface area contributed by atoms with E-state index >= 15 is 0 Å². The van der Waals surface area contributed by atoms with E-state index in [1.54, 1.807) is 0 Å². The lowest BCUT2D eigenvalue weighted by Crippen LogP contribution is -1.93. The zero-order valence-corrected chi connectivity index (χ0v) is 28.2. The van der Waals surface area contributed by atoms with Gasteiger partial charge in [0.2, 0.25) is 0 Å². The van der Waals surface area contributed by atoms with Crippen molar-refractivity contribution in [1.29, 1.82) is 0 Å². The van der Waals surface area contributed by atoms with Crippen molar-refractivity contribution < 1.29 is 0 Å². The summed E-state index contributed by atoms with van der Waals surface area (Å²) in [6, 6.07) is 50.3. The molecule has 6 aromatic rings. The Morgan fingerprint density at radius 3 is 1.88 bits per heavy atom. The minimum absolute atomic E-state index is 0.838. The Morgan fingerprint density at radius 2 is 1.17 bits per heavy atom. The van der Waals surface area contributed by atoms with Crippen molar-refractivity contribution in [3.05, 3.63) is 205 Å². The molecular formula is C48H42. The normalized spacial score (nSPS) is 11.5. The summed E-state index contributed by atoms with van der Waals surface area (Å²) in [5.41, 5.74) is 18.2. The predicted molar refractivity (Wildman–Crippen MR) is 210 cm³/mol. The summed E-state index contributed by atoms with van der Waals surface area (Å²) in [7, 11) is 0. The van der Waals surface area contributed by atoms with Crippen LogP contribution >= 0.6 is 0 Å². The highest BCUT2D eigenvalue weighted by Gasteiger charge is 2.14. The molecule has 0 saturated carbocycles. The molecule has 0 aliphatic rings. The van der Waals surface area contributed by atoms with Gasteiger partial charge in [0.25, 0.3) is 0 Å². The molecular weight excluding hydrogens is 577 g/mol. The highest BCUT2D eigenvalue weighted by molar-refractivity contribution is 5.86. The predicted octanol–water partition coefficient (Wildman–Crippen LogP) is 13.4. The molecule has 0 fully saturated rings. The van der Waals surface area contributed by atoms with Crippen LogP contribution in [0.2, 0.25) is 0 Å². The van der Waals surface area contributed by atoms with Gasteiger partial charge < -0.3 is 0 Å². The van der Waals surface area contributed by atoms with Gasteiger partial charge in [0.15, 0.2) is 0 Å². The van der Waals surface area contributed by atoms with Gasteiger partial charge in [-0.25, -0.2) is 0 Å². The maximum Gasteiger partial charge on any atom is -0.00941 e. The molecule has 0 aromatic heterocycles. The summed E-state index contributed by atoms with van der Waals surface area (Å²) in [6.07, 6.45) is 9.30. The molecule has 0 N–H and O–H groups in total. The highest BCUT2D eigenvalue weighted by atomic mass is 14.2. The maximum atomic E-state index is 4.11. The van der Waals surface area contributed by atoms with Crippen molar-refractivity contribution >= 4 is 11.1 Å². The van der Waals surface area contributed by atoms with Crippen LogP contribution in [0, 0.1) is 13.8 Å². The van der Waals surface area contributed by atoms with Gasteiger partial charge in [0, 0.05) is 0 Å². The first-order valence-corrected chi connectivity index (χ1v) is 16.6. The SMILES string of the molecule is C=C/C(=C\C=C/Cc1cccc(-c2cc(-c3ccccc3)c(C)c(-c3ccccc3C)c2)c1)c1cccc(-c2cccc(C(=C)C)c2)c1. The minimum Gasteiger partial charge on any atom is -0.0984 e. The second-order valence-corrected chi connectivity index (χ2v) is 12.5. The maximum absolute atomic E-state index is 4.11. The van der Waals surface area contributed by atoms with E-state index in [0.717, 1.165) is 28.7 Å². The molecule has 0 saturated heterocycles. The number of hydrogen-bond acceptors (Lipinski definition) is 0. The van der Waals surface area contributed by atoms with Crippen molar-refractivity contribution in [1.82, 2.24) is 0 Å². The van der Waals surface area contributed by atoms with E-state index in [4.69, 9.17) is 0 Å². The summed E-state index contributed by atoms with van der Waals surface area (Å²) >= 11 is 0. The van der Waals surface area contributed by atoms with Crippen molar-refractivity contribution in [3.8, 4) is 44.5 Å². The molecule has 6 aromatic carbocycles. The summed E-state index contributed by atoms with van der Waals surface area (Å²) in [6.45, 7) is 14.7. The monoisotopic (exact) mass is 618 g/mol. The Kier molecular flexibility index (Phi) is 9.93. The van der Waals surface area contributed by atoms with Crippen LogP contribution in [0.25, 0.3) is 55.7 Å². The Hall–Kier alpha value is -5.72. The number of benzene rings is 6. The van der Waals surface area contributed by atoms with Crippen LogP contribution in [-0.2, 0) is 6.42 Å². The van der Waals surface area contributed by atoms with Gasteiger partial charge >= 0.3 is 0 Å². The average Bonchev–Trinajstić information content (AvgIpc) is 3.13. The average molecular weight is 619 g/mol. The van der Waals surface area contributed by atoms with E-state index in [-0.39, 0.29) is 0 Å². The van der Waals surface area contributed by atoms with Crippen molar-refractivity contribution in [2.45, 2.75) is 27.2 Å². The fourth-order valence-corrected chi connectivity index (χ4v) is 6.33. The van der Waals surface area contributed by atoms with Crippen LogP contribution < -0.4 is 0 Å². The summed E-state index contributed by atoms with van der Waals surface area (Å²) in [4.78, 5) is 0. The van der Waals surface area contributed by atoms with Crippen LogP contribution in [0.3, 0.4) is 0 Å². The molecule has 0 amide bonds. The van der Waals surface area contributed by atoms with Gasteiger partial charge in [-0.15, -0.1) is 0 Å². The quantitative estimate of drug-likeness (QED) is 0.134. The topological polar surface area (TPSA) is 0 Å². The van der Waals surface area contributed by atoms with Crippen LogP contribution in [0.4, 0.5) is 0 Å². The van der Waals surface area contributed by atoms with Crippen LogP contribution in [0.5, 0.6) is 0 Å². The van der Waals surface area contributed by atoms with Gasteiger partial charge in [-0.05, 0) is 129 Å². The third kappa shape index (κ3) is 7.30. The Labute approximate surface area is 286 Å². The fourth-order valence-electron chi connectivity index (χ4n) is 6.33. The van der Waals surface area contributed by atoms with E-state index in [9.17, 15) is 0 Å². The molecule has 0 heterocycles. The molecule has 0 bridgehead atoms. The molecule has 0 unspecified atom stereocenters. The molecule has 0 aliphatic carbocycles. The van der Waals surface area contributed by atoms with Gasteiger partial charge in [-0.1, -0.05) is 158 Å². The number of hydrogen-bond donors (Lipinski definition) is 0. The third-order valence-corrected chi connectivity index (χ3v) is 9.06. The number of rotatable bonds is 10. The molecule has 0 radical (unpaired) electrons. The largest absolute Gasteiger partial charge is 0.0984 e. The molecule has 0 spiro atoms. The second kappa shape index (κ2) is 14.8. The van der Waals surface area contributed by atoms with E-state index < -0.39 is 0 Å². The lowest BCUT2D eigenvalue weighted by atomic mass is 9.87. The first kappa shape index (κ1) is 32.2. The van der Waals surface area contributed by atoms with Gasteiger partial charge in [0.05, 0.1) is 0 Å². The Morgan fingerprint density at radius 1 is 0.562 bits per heavy atom. The van der Waals surface area contributed by atoms with Gasteiger partial charge in [0.1, 0.15) is 0 Å². The summed E-state index contributed by atoms with van der Waals surface area (Å²) in [5.74, 6) is 0. The third-order valence-electron chi connectivity index (χ3n) is 9.06. The van der Waals surface area contributed by atoms with Crippen molar-refractivity contribution in [3.63, 3.8) is 0 Å². The zero-order chi connectivity index (χ0) is 33.5. The van der Waals surface area contributed by atoms with Gasteiger partial charge in [-0.2, -0.15) is 0 Å². The van der Waals surface area contributed by atoms with E-state index in [1.807, 2.05) is 13.0 Å². The molecule has 6 rings (SSSR count). The standard InChI is InChI=1S/C48H42/c1-6-38(42-25-16-27-44(31-42)43-26-15-23-40(30-43)34(2)3)20-12-11-18-37-19-14-24-41(29-37)45-32-47(39-21-8-7-9-22-39)36(5)48(33-45)46-28-13-10-17-35(46)4/h6-17,19-33H,1-2,18H2,3-5H3/b12-11-,38-20+. The minimum atomic E-state index is 0.838. The Bertz CT molecular complexity index is 2150. The lowest BCUT2D eigenvalue weighted by Gasteiger charge is -2.17. The first-order valence-electron chi connectivity index (χ1n) is 16.6. The van der Waals surface area contributed by atoms with Crippen molar-refractivity contribution in [2.75, 3.05) is 0 Å². The highest BCUT2D eigenvalue weighted by Crippen LogP contribution is 2.38. The lowest BCUT2D eigenvalue weighted by molar-refractivity contribution is 1.27. The van der Waals surface area contributed by atoms with Crippen LogP contribution in [0.15, 0.2) is 177 Å². The smallest absolute Gasteiger partial charge is 0.00941 e. The molecule has 0 atom stereocenters. The van der Waals surface area contributed by atoms with Crippen LogP contribution in [-0.4, -0.2) is 0 Å². The second-order valence-electron chi connectivity index (χ2n) is 12.5. The Balaban J connectivity index is 1.27. The molecule has 234 valence electrons. The molecule has 0 aliphatic heterocycles. The summed E-state index contributed by atoms with van der Waals surface area (Å²) in [5, 5.41) is 0. The first-order chi connectivity index (χ1) is 23.4. The van der Waals surface area contributed by atoms with Crippen molar-refractivity contribution in [2.24, 2.45) is 0 Å². The number of allylic oxidation sites excluding steroid dienone is 6. The number of aryl methyl sites for hydroxylation is 1. The van der Waals surface area contributed by atoms with Gasteiger partial charge in [-0.3, -0.25) is 0 Å². The molecule has 48 heavy (non-hydrogen) atoms. The fraction of sp³-hybridized carbons (Fsp3) is 0.0833. The molecule has 0 heteroatoms. The summed E-state index contributed by atoms with van der Waals surface area (Å²) < 4.78 is 0. The molecule has 0 nitrogen and oxygen atoms in total. The van der Waals surface area contributed by atoms with E-state index in [0.29, 0.717) is 0 Å². The zero-order valence-electron chi connectivity index (χ0n) is 28.2. The van der Waals surface area contributed by atoms with Crippen LogP contribution in [0.1, 0.15) is 34.7 Å².